The molecular formula is C25H27NO9. The molecule has 2 aromatic carbocycles. The summed E-state index contributed by atoms with van der Waals surface area (Å²) in [7, 11) is 0. The van der Waals surface area contributed by atoms with Crippen molar-refractivity contribution in [2.24, 2.45) is 5.73 Å². The van der Waals surface area contributed by atoms with Gasteiger partial charge in [-0.3, -0.25) is 9.59 Å². The lowest BCUT2D eigenvalue weighted by Crippen LogP contribution is -2.55. The van der Waals surface area contributed by atoms with E-state index in [0.717, 1.165) is 0 Å². The van der Waals surface area contributed by atoms with Crippen molar-refractivity contribution in [1.29, 1.82) is 0 Å². The first-order valence-electron chi connectivity index (χ1n) is 11.4. The highest BCUT2D eigenvalue weighted by Crippen LogP contribution is 2.51. The normalized spacial score (nSPS) is 30.9. The van der Waals surface area contributed by atoms with Gasteiger partial charge in [0.25, 0.3) is 0 Å². The number of hydrogen-bond donors (Lipinski definition) is 6. The Balaban J connectivity index is 1.66. The molecule has 2 aliphatic carbocycles. The molecule has 0 saturated carbocycles. The zero-order chi connectivity index (χ0) is 25.2. The predicted octanol–water partition coefficient (Wildman–Crippen LogP) is 0.424. The van der Waals surface area contributed by atoms with E-state index in [2.05, 4.69) is 0 Å². The quantitative estimate of drug-likeness (QED) is 0.223. The van der Waals surface area contributed by atoms with Crippen LogP contribution in [0.2, 0.25) is 0 Å². The number of phenols is 2. The minimum atomic E-state index is -1.30. The monoisotopic (exact) mass is 488 g/mol. The molecule has 1 unspecified atom stereocenters. The van der Waals surface area contributed by atoms with Crippen LogP contribution < -0.4 is 5.73 Å². The van der Waals surface area contributed by atoms with Crippen LogP contribution in [0.4, 0.5) is 0 Å². The number of hydrogen-bond acceptors (Lipinski definition) is 10. The van der Waals surface area contributed by atoms with Crippen molar-refractivity contribution in [3.05, 3.63) is 57.6 Å². The molecule has 186 valence electrons. The number of rotatable bonds is 3. The van der Waals surface area contributed by atoms with Crippen LogP contribution in [0, 0.1) is 0 Å². The Labute approximate surface area is 200 Å². The molecule has 6 atom stereocenters. The van der Waals surface area contributed by atoms with Crippen molar-refractivity contribution in [3.8, 4) is 11.5 Å². The molecule has 1 heterocycles. The third-order valence-electron chi connectivity index (χ3n) is 7.33. The Morgan fingerprint density at radius 2 is 1.66 bits per heavy atom. The number of ether oxygens (including phenoxy) is 2. The number of fused-ring (bicyclic) bond motifs is 3. The SMILES string of the molecule is C[13CH](O)[C@]1(N)Cc2c(O)c3c(c(O)c2[C@@H](O[C@H]2C[C@@H](O)[C@H](O)CO2)C1)C(=O)[13c]1cccc[13c]1C3=O. The largest absolute Gasteiger partial charge is 0.507 e. The lowest BCUT2D eigenvalue weighted by atomic mass is 9.76. The van der Waals surface area contributed by atoms with E-state index in [-0.39, 0.29) is 59.3 Å². The fourth-order valence-electron chi connectivity index (χ4n) is 5.21. The molecule has 1 aliphatic heterocycles. The molecule has 5 rings (SSSR count). The summed E-state index contributed by atoms with van der Waals surface area (Å²) in [5.74, 6) is -2.22. The molecule has 0 radical (unpaired) electrons. The number of aliphatic hydroxyl groups is 3. The Morgan fingerprint density at radius 3 is 2.23 bits per heavy atom. The number of aliphatic hydroxyl groups excluding tert-OH is 3. The van der Waals surface area contributed by atoms with Crippen LogP contribution in [0.5, 0.6) is 11.5 Å². The van der Waals surface area contributed by atoms with Gasteiger partial charge in [-0.1, -0.05) is 24.3 Å². The lowest BCUT2D eigenvalue weighted by molar-refractivity contribution is -0.239. The van der Waals surface area contributed by atoms with Crippen molar-refractivity contribution in [2.75, 3.05) is 6.61 Å². The van der Waals surface area contributed by atoms with Crippen LogP contribution in [0.1, 0.15) is 68.8 Å². The van der Waals surface area contributed by atoms with Gasteiger partial charge >= 0.3 is 0 Å². The zero-order valence-corrected chi connectivity index (χ0v) is 19.0. The standard InChI is InChI=1S/C25H27NO9/c1-10(27)25(26)7-13-18(16(8-25)35-17-6-14(28)15(29)9-34-17)24(33)20-19(23(13)32)21(30)11-4-2-3-5-12(11)22(20)31/h2-5,10,14-17,27-29,32-33H,6-9,26H2,1H3/t10?,14-,15-,16+,17+,25+/m1/s1/i10+1,11+1,12+1. The van der Waals surface area contributed by atoms with Gasteiger partial charge in [0.15, 0.2) is 17.9 Å². The number of benzene rings is 2. The molecular weight excluding hydrogens is 461 g/mol. The van der Waals surface area contributed by atoms with E-state index in [1.165, 1.54) is 19.1 Å². The number of aromatic hydroxyl groups is 2. The molecule has 35 heavy (non-hydrogen) atoms. The van der Waals surface area contributed by atoms with E-state index >= 15 is 0 Å². The maximum atomic E-state index is 13.3. The van der Waals surface area contributed by atoms with E-state index < -0.39 is 59.3 Å². The van der Waals surface area contributed by atoms with Crippen molar-refractivity contribution in [2.45, 2.75) is 62.4 Å². The summed E-state index contributed by atoms with van der Waals surface area (Å²) >= 11 is 0. The molecule has 3 aliphatic rings. The molecule has 1 fully saturated rings. The maximum Gasteiger partial charge on any atom is 0.198 e. The highest BCUT2D eigenvalue weighted by molar-refractivity contribution is 6.30. The van der Waals surface area contributed by atoms with Crippen molar-refractivity contribution < 1.29 is 44.6 Å². The molecule has 0 spiro atoms. The maximum absolute atomic E-state index is 13.3. The molecule has 0 aromatic heterocycles. The Bertz CT molecular complexity index is 1230. The third-order valence-corrected chi connectivity index (χ3v) is 7.33. The molecule has 0 bridgehead atoms. The van der Waals surface area contributed by atoms with Crippen LogP contribution >= 0.6 is 0 Å². The van der Waals surface area contributed by atoms with Gasteiger partial charge in [-0.25, -0.2) is 0 Å². The fourth-order valence-corrected chi connectivity index (χ4v) is 5.21. The van der Waals surface area contributed by atoms with Crippen LogP contribution in [-0.2, 0) is 15.9 Å². The highest BCUT2D eigenvalue weighted by Gasteiger charge is 2.47. The lowest BCUT2D eigenvalue weighted by Gasteiger charge is -2.43. The number of carbonyl (C=O) groups excluding carboxylic acids is 2. The summed E-state index contributed by atoms with van der Waals surface area (Å²) in [5, 5.41) is 52.8. The first-order valence-corrected chi connectivity index (χ1v) is 11.4. The predicted molar refractivity (Wildman–Crippen MR) is 120 cm³/mol. The zero-order valence-electron chi connectivity index (χ0n) is 19.0. The second kappa shape index (κ2) is 8.37. The minimum Gasteiger partial charge on any atom is -0.507 e. The smallest absolute Gasteiger partial charge is 0.198 e. The van der Waals surface area contributed by atoms with Gasteiger partial charge in [0.05, 0.1) is 36.0 Å². The molecule has 0 amide bonds. The van der Waals surface area contributed by atoms with Crippen LogP contribution in [-0.4, -0.2) is 73.8 Å². The Kier molecular flexibility index (Phi) is 5.71. The Morgan fingerprint density at radius 1 is 1.06 bits per heavy atom. The number of carbonyl (C=O) groups is 2. The van der Waals surface area contributed by atoms with Gasteiger partial charge in [0.1, 0.15) is 17.6 Å². The first-order chi connectivity index (χ1) is 16.5. The van der Waals surface area contributed by atoms with Gasteiger partial charge in [0.2, 0.25) is 0 Å². The summed E-state index contributed by atoms with van der Waals surface area (Å²) in [6.45, 7) is 1.31. The molecule has 1 saturated heterocycles. The van der Waals surface area contributed by atoms with Crippen molar-refractivity contribution >= 4 is 11.6 Å². The van der Waals surface area contributed by atoms with E-state index in [4.69, 9.17) is 15.2 Å². The molecule has 10 nitrogen and oxygen atoms in total. The molecule has 2 aromatic rings. The average Bonchev–Trinajstić information content (AvgIpc) is 2.82. The van der Waals surface area contributed by atoms with Crippen LogP contribution in [0.15, 0.2) is 24.3 Å². The van der Waals surface area contributed by atoms with Gasteiger partial charge in [0, 0.05) is 34.2 Å². The summed E-state index contributed by atoms with van der Waals surface area (Å²) in [5.41, 5.74) is 4.95. The minimum absolute atomic E-state index is 0.0132. The average molecular weight is 488 g/mol. The van der Waals surface area contributed by atoms with Crippen LogP contribution in [0.3, 0.4) is 0 Å². The summed E-state index contributed by atoms with van der Waals surface area (Å²) < 4.78 is 11.5. The van der Waals surface area contributed by atoms with E-state index in [1.807, 2.05) is 0 Å². The third kappa shape index (κ3) is 3.65. The van der Waals surface area contributed by atoms with Crippen molar-refractivity contribution in [3.63, 3.8) is 0 Å². The van der Waals surface area contributed by atoms with Crippen molar-refractivity contribution in [1.82, 2.24) is 0 Å². The second-order valence-electron chi connectivity index (χ2n) is 9.59. The summed E-state index contributed by atoms with van der Waals surface area (Å²) in [4.78, 5) is 26.6. The Hall–Kier alpha value is -2.86. The van der Waals surface area contributed by atoms with E-state index in [1.54, 1.807) is 12.1 Å². The first kappa shape index (κ1) is 23.9. The summed E-state index contributed by atoms with van der Waals surface area (Å²) in [6, 6.07) is 6.15. The van der Waals surface area contributed by atoms with Gasteiger partial charge in [-0.15, -0.1) is 0 Å². The molecule has 7 N–H and O–H groups in total. The number of ketones is 2. The van der Waals surface area contributed by atoms with Crippen LogP contribution in [0.25, 0.3) is 0 Å². The van der Waals surface area contributed by atoms with Gasteiger partial charge in [-0.05, 0) is 19.8 Å². The number of phenolic OH excluding ortho intramolecular Hbond substituents is 2. The topological polar surface area (TPSA) is 180 Å². The van der Waals surface area contributed by atoms with E-state index in [0.29, 0.717) is 0 Å². The molecule has 10 heteroatoms. The highest BCUT2D eigenvalue weighted by atomic mass is 16.7. The second-order valence-corrected chi connectivity index (χ2v) is 9.59. The van der Waals surface area contributed by atoms with Gasteiger partial charge < -0.3 is 40.7 Å². The van der Waals surface area contributed by atoms with Gasteiger partial charge in [-0.2, -0.15) is 0 Å². The number of nitrogens with two attached hydrogens (primary N) is 1. The van der Waals surface area contributed by atoms with E-state index in [9.17, 15) is 35.1 Å². The summed E-state index contributed by atoms with van der Waals surface area (Å²) in [6.07, 6.45) is -5.45. The fraction of sp³-hybridized carbons (Fsp3) is 0.440.